The molecule has 0 aliphatic rings. The molecule has 0 amide bonds. The standard InChI is InChI=1S/C14H13O5P/c15-11-14(16)20(17,18-12-7-3-1-4-8-12)19-13-9-5-2-6-10-13/h1-11,14,16H. The maximum atomic E-state index is 12.6. The van der Waals surface area contributed by atoms with Crippen LogP contribution < -0.4 is 9.05 Å². The number of rotatable bonds is 6. The molecule has 104 valence electrons. The van der Waals surface area contributed by atoms with Crippen molar-refractivity contribution in [3.05, 3.63) is 60.7 Å². The summed E-state index contributed by atoms with van der Waals surface area (Å²) in [5, 5.41) is 9.62. The van der Waals surface area contributed by atoms with E-state index in [0.29, 0.717) is 0 Å². The third kappa shape index (κ3) is 3.47. The first-order valence-electron chi connectivity index (χ1n) is 5.86. The third-order valence-electron chi connectivity index (χ3n) is 2.40. The van der Waals surface area contributed by atoms with Gasteiger partial charge >= 0.3 is 7.60 Å². The van der Waals surface area contributed by atoms with Crippen molar-refractivity contribution in [1.29, 1.82) is 0 Å². The van der Waals surface area contributed by atoms with Crippen LogP contribution in [0, 0.1) is 0 Å². The van der Waals surface area contributed by atoms with Gasteiger partial charge in [0.1, 0.15) is 11.5 Å². The van der Waals surface area contributed by atoms with Crippen molar-refractivity contribution in [1.82, 2.24) is 0 Å². The second-order valence-electron chi connectivity index (χ2n) is 3.90. The van der Waals surface area contributed by atoms with Crippen molar-refractivity contribution in [2.45, 2.75) is 5.85 Å². The van der Waals surface area contributed by atoms with E-state index in [1.54, 1.807) is 60.7 Å². The Morgan fingerprint density at radius 2 is 1.30 bits per heavy atom. The van der Waals surface area contributed by atoms with Crippen LogP contribution in [0.3, 0.4) is 0 Å². The highest BCUT2D eigenvalue weighted by Crippen LogP contribution is 2.51. The Balaban J connectivity index is 2.26. The Hall–Kier alpha value is -2.10. The van der Waals surface area contributed by atoms with Crippen LogP contribution in [0.1, 0.15) is 0 Å². The zero-order chi connectivity index (χ0) is 14.4. The fourth-order valence-corrected chi connectivity index (χ4v) is 2.69. The molecule has 0 aromatic heterocycles. The number of hydrogen-bond acceptors (Lipinski definition) is 5. The normalized spacial score (nSPS) is 12.4. The predicted octanol–water partition coefficient (Wildman–Crippen LogP) is 2.85. The number of aliphatic hydroxyl groups is 1. The second kappa shape index (κ2) is 6.37. The van der Waals surface area contributed by atoms with Gasteiger partial charge in [0.15, 0.2) is 6.29 Å². The number of hydrogen-bond donors (Lipinski definition) is 1. The van der Waals surface area contributed by atoms with E-state index in [-0.39, 0.29) is 17.8 Å². The van der Waals surface area contributed by atoms with Gasteiger partial charge in [-0.25, -0.2) is 4.57 Å². The minimum absolute atomic E-state index is 0.132. The molecule has 0 fully saturated rings. The average molecular weight is 292 g/mol. The quantitative estimate of drug-likeness (QED) is 0.654. The topological polar surface area (TPSA) is 72.8 Å². The Labute approximate surface area is 116 Å². The van der Waals surface area contributed by atoms with Gasteiger partial charge in [0, 0.05) is 0 Å². The van der Waals surface area contributed by atoms with Gasteiger partial charge in [-0.05, 0) is 24.3 Å². The van der Waals surface area contributed by atoms with Gasteiger partial charge in [-0.1, -0.05) is 36.4 Å². The molecule has 0 spiro atoms. The maximum Gasteiger partial charge on any atom is 0.466 e. The average Bonchev–Trinajstić information content (AvgIpc) is 2.48. The van der Waals surface area contributed by atoms with Crippen LogP contribution in [0.2, 0.25) is 0 Å². The molecule has 1 N–H and O–H groups in total. The van der Waals surface area contributed by atoms with Gasteiger partial charge in [-0.2, -0.15) is 0 Å². The van der Waals surface area contributed by atoms with Gasteiger partial charge in [0.05, 0.1) is 0 Å². The van der Waals surface area contributed by atoms with Gasteiger partial charge in [-0.15, -0.1) is 0 Å². The Morgan fingerprint density at radius 1 is 0.900 bits per heavy atom. The molecule has 2 aromatic carbocycles. The highest BCUT2D eigenvalue weighted by Gasteiger charge is 2.38. The van der Waals surface area contributed by atoms with Gasteiger partial charge in [0.2, 0.25) is 5.85 Å². The summed E-state index contributed by atoms with van der Waals surface area (Å²) in [5.41, 5.74) is 0. The van der Waals surface area contributed by atoms with Gasteiger partial charge in [0.25, 0.3) is 0 Å². The smallest absolute Gasteiger partial charge is 0.414 e. The molecule has 0 saturated heterocycles. The molecular weight excluding hydrogens is 279 g/mol. The lowest BCUT2D eigenvalue weighted by Crippen LogP contribution is -2.17. The van der Waals surface area contributed by atoms with Crippen molar-refractivity contribution >= 4 is 13.9 Å². The monoisotopic (exact) mass is 292 g/mol. The third-order valence-corrected chi connectivity index (χ3v) is 4.10. The van der Waals surface area contributed by atoms with E-state index in [9.17, 15) is 14.5 Å². The summed E-state index contributed by atoms with van der Waals surface area (Å²) in [7, 11) is -4.07. The largest absolute Gasteiger partial charge is 0.466 e. The lowest BCUT2D eigenvalue weighted by atomic mass is 10.3. The predicted molar refractivity (Wildman–Crippen MR) is 73.8 cm³/mol. The van der Waals surface area contributed by atoms with Gasteiger partial charge < -0.3 is 14.2 Å². The van der Waals surface area contributed by atoms with E-state index in [0.717, 1.165) is 0 Å². The number of carbonyl (C=O) groups excluding carboxylic acids is 1. The number of aliphatic hydroxyl groups excluding tert-OH is 1. The SMILES string of the molecule is O=CC(O)P(=O)(Oc1ccccc1)Oc1ccccc1. The summed E-state index contributed by atoms with van der Waals surface area (Å²) in [6.07, 6.45) is 0.132. The summed E-state index contributed by atoms with van der Waals surface area (Å²) in [6, 6.07) is 16.4. The molecule has 0 heterocycles. The highest BCUT2D eigenvalue weighted by atomic mass is 31.2. The molecule has 5 nitrogen and oxygen atoms in total. The van der Waals surface area contributed by atoms with Crippen molar-refractivity contribution in [3.8, 4) is 11.5 Å². The lowest BCUT2D eigenvalue weighted by molar-refractivity contribution is -0.112. The number of benzene rings is 2. The fourth-order valence-electron chi connectivity index (χ4n) is 1.46. The Bertz CT molecular complexity index is 554. The fraction of sp³-hybridized carbons (Fsp3) is 0.0714. The molecule has 2 aromatic rings. The molecular formula is C14H13O5P. The minimum atomic E-state index is -4.07. The Morgan fingerprint density at radius 3 is 1.65 bits per heavy atom. The van der Waals surface area contributed by atoms with Crippen LogP contribution in [0.15, 0.2) is 60.7 Å². The summed E-state index contributed by atoms with van der Waals surface area (Å²) in [4.78, 5) is 10.7. The van der Waals surface area contributed by atoms with Crippen molar-refractivity contribution in [3.63, 3.8) is 0 Å². The summed E-state index contributed by atoms with van der Waals surface area (Å²) < 4.78 is 23.0. The van der Waals surface area contributed by atoms with Crippen molar-refractivity contribution in [2.24, 2.45) is 0 Å². The first-order chi connectivity index (χ1) is 9.64. The first kappa shape index (κ1) is 14.3. The molecule has 6 heteroatoms. The molecule has 2 rings (SSSR count). The van der Waals surface area contributed by atoms with E-state index in [1.807, 2.05) is 0 Å². The summed E-state index contributed by atoms with van der Waals surface area (Å²) in [6.45, 7) is 0. The lowest BCUT2D eigenvalue weighted by Gasteiger charge is -2.21. The van der Waals surface area contributed by atoms with E-state index in [2.05, 4.69) is 0 Å². The van der Waals surface area contributed by atoms with Crippen LogP contribution in [-0.4, -0.2) is 17.2 Å². The maximum absolute atomic E-state index is 12.6. The summed E-state index contributed by atoms with van der Waals surface area (Å²) in [5.74, 6) is -1.37. The molecule has 0 aliphatic heterocycles. The summed E-state index contributed by atoms with van der Waals surface area (Å²) >= 11 is 0. The van der Waals surface area contributed by atoms with E-state index >= 15 is 0 Å². The molecule has 0 aliphatic carbocycles. The second-order valence-corrected chi connectivity index (χ2v) is 5.87. The minimum Gasteiger partial charge on any atom is -0.414 e. The van der Waals surface area contributed by atoms with Crippen LogP contribution >= 0.6 is 7.60 Å². The molecule has 0 radical (unpaired) electrons. The number of aldehydes is 1. The molecule has 0 bridgehead atoms. The first-order valence-corrected chi connectivity index (χ1v) is 7.47. The zero-order valence-corrected chi connectivity index (χ0v) is 11.4. The van der Waals surface area contributed by atoms with E-state index < -0.39 is 13.4 Å². The van der Waals surface area contributed by atoms with E-state index in [1.165, 1.54) is 0 Å². The van der Waals surface area contributed by atoms with Crippen LogP contribution in [0.25, 0.3) is 0 Å². The van der Waals surface area contributed by atoms with E-state index in [4.69, 9.17) is 9.05 Å². The van der Waals surface area contributed by atoms with Crippen LogP contribution in [0.5, 0.6) is 11.5 Å². The molecule has 1 unspecified atom stereocenters. The van der Waals surface area contributed by atoms with Crippen molar-refractivity contribution < 1.29 is 23.5 Å². The number of carbonyl (C=O) groups is 1. The molecule has 0 saturated carbocycles. The highest BCUT2D eigenvalue weighted by molar-refractivity contribution is 7.56. The van der Waals surface area contributed by atoms with Gasteiger partial charge in [-0.3, -0.25) is 4.79 Å². The van der Waals surface area contributed by atoms with Crippen LogP contribution in [0.4, 0.5) is 0 Å². The zero-order valence-electron chi connectivity index (χ0n) is 10.5. The molecule has 1 atom stereocenters. The van der Waals surface area contributed by atoms with Crippen molar-refractivity contribution in [2.75, 3.05) is 0 Å². The molecule has 20 heavy (non-hydrogen) atoms. The Kier molecular flexibility index (Phi) is 4.56. The van der Waals surface area contributed by atoms with Crippen LogP contribution in [-0.2, 0) is 9.36 Å². The number of para-hydroxylation sites is 2.